The Morgan fingerprint density at radius 1 is 1.62 bits per heavy atom. The summed E-state index contributed by atoms with van der Waals surface area (Å²) in [5, 5.41) is 9.80. The molecular weight excluding hydrogens is 209 g/mol. The smallest absolute Gasteiger partial charge is 0.163 e. The van der Waals surface area contributed by atoms with Crippen LogP contribution in [0.3, 0.4) is 0 Å². The second-order valence-corrected chi connectivity index (χ2v) is 3.81. The summed E-state index contributed by atoms with van der Waals surface area (Å²) in [6.45, 7) is 5.56. The number of benzene rings is 1. The molecule has 16 heavy (non-hydrogen) atoms. The lowest BCUT2D eigenvalue weighted by Gasteiger charge is -2.15. The Labute approximate surface area is 94.3 Å². The van der Waals surface area contributed by atoms with E-state index in [1.54, 1.807) is 0 Å². The van der Waals surface area contributed by atoms with E-state index in [1.807, 2.05) is 6.92 Å². The molecule has 0 aromatic heterocycles. The topological polar surface area (TPSA) is 55.5 Å². The Kier molecular flexibility index (Phi) is 3.90. The molecular formula is C12H16FNO2. The van der Waals surface area contributed by atoms with Crippen molar-refractivity contribution in [1.29, 1.82) is 0 Å². The zero-order valence-corrected chi connectivity index (χ0v) is 9.46. The number of rotatable bonds is 4. The second-order valence-electron chi connectivity index (χ2n) is 3.81. The van der Waals surface area contributed by atoms with E-state index in [2.05, 4.69) is 6.58 Å². The highest BCUT2D eigenvalue weighted by Gasteiger charge is 2.16. The van der Waals surface area contributed by atoms with Crippen molar-refractivity contribution in [2.75, 3.05) is 7.11 Å². The predicted octanol–water partition coefficient (Wildman–Crippen LogP) is 2.51. The van der Waals surface area contributed by atoms with Crippen LogP contribution in [0.15, 0.2) is 24.3 Å². The molecule has 0 aliphatic rings. The van der Waals surface area contributed by atoms with Gasteiger partial charge in [0.2, 0.25) is 0 Å². The molecule has 0 unspecified atom stereocenters. The van der Waals surface area contributed by atoms with Gasteiger partial charge in [0.1, 0.15) is 5.82 Å². The summed E-state index contributed by atoms with van der Waals surface area (Å²) in [5.74, 6) is -0.508. The Bertz CT molecular complexity index is 404. The van der Waals surface area contributed by atoms with Gasteiger partial charge in [-0.3, -0.25) is 0 Å². The first-order valence-corrected chi connectivity index (χ1v) is 4.92. The fourth-order valence-electron chi connectivity index (χ4n) is 1.52. The fraction of sp³-hybridized carbons (Fsp3) is 0.333. The molecule has 1 aromatic carbocycles. The normalized spacial score (nSPS) is 12.2. The van der Waals surface area contributed by atoms with E-state index in [0.29, 0.717) is 12.0 Å². The van der Waals surface area contributed by atoms with Gasteiger partial charge < -0.3 is 15.6 Å². The number of phenolic OH excluding ortho intramolecular Hbond substituents is 1. The molecule has 4 heteroatoms. The van der Waals surface area contributed by atoms with Gasteiger partial charge in [0.15, 0.2) is 11.5 Å². The van der Waals surface area contributed by atoms with Gasteiger partial charge in [0.25, 0.3) is 0 Å². The Morgan fingerprint density at radius 3 is 2.75 bits per heavy atom. The molecule has 0 saturated heterocycles. The van der Waals surface area contributed by atoms with Crippen LogP contribution in [-0.4, -0.2) is 12.2 Å². The third-order valence-corrected chi connectivity index (χ3v) is 2.26. The number of nitrogens with two attached hydrogens (primary N) is 1. The number of hydrogen-bond acceptors (Lipinski definition) is 3. The highest BCUT2D eigenvalue weighted by atomic mass is 19.1. The van der Waals surface area contributed by atoms with E-state index in [-0.39, 0.29) is 11.5 Å². The van der Waals surface area contributed by atoms with Gasteiger partial charge >= 0.3 is 0 Å². The molecule has 1 atom stereocenters. The number of halogens is 1. The lowest BCUT2D eigenvalue weighted by molar-refractivity contribution is 0.365. The maximum Gasteiger partial charge on any atom is 0.163 e. The third kappa shape index (κ3) is 2.73. The van der Waals surface area contributed by atoms with Crippen LogP contribution in [0.1, 0.15) is 24.9 Å². The van der Waals surface area contributed by atoms with Crippen molar-refractivity contribution < 1.29 is 14.2 Å². The number of hydrogen-bond donors (Lipinski definition) is 2. The van der Waals surface area contributed by atoms with Crippen molar-refractivity contribution >= 4 is 0 Å². The van der Waals surface area contributed by atoms with Crippen molar-refractivity contribution in [3.63, 3.8) is 0 Å². The Balaban J connectivity index is 3.12. The lowest BCUT2D eigenvalue weighted by Crippen LogP contribution is -2.11. The molecule has 0 radical (unpaired) electrons. The van der Waals surface area contributed by atoms with Crippen LogP contribution in [0.25, 0.3) is 0 Å². The molecule has 0 aliphatic heterocycles. The van der Waals surface area contributed by atoms with Crippen LogP contribution < -0.4 is 10.5 Å². The summed E-state index contributed by atoms with van der Waals surface area (Å²) in [6, 6.07) is 1.85. The van der Waals surface area contributed by atoms with E-state index in [9.17, 15) is 9.50 Å². The van der Waals surface area contributed by atoms with Crippen molar-refractivity contribution in [3.8, 4) is 11.5 Å². The number of methoxy groups -OCH3 is 1. The van der Waals surface area contributed by atoms with E-state index >= 15 is 0 Å². The largest absolute Gasteiger partial charge is 0.504 e. The minimum Gasteiger partial charge on any atom is -0.504 e. The van der Waals surface area contributed by atoms with Gasteiger partial charge in [-0.05, 0) is 19.4 Å². The Hall–Kier alpha value is -1.55. The molecule has 1 rings (SSSR count). The van der Waals surface area contributed by atoms with Crippen LogP contribution in [0.2, 0.25) is 0 Å². The van der Waals surface area contributed by atoms with E-state index in [0.717, 1.165) is 11.6 Å². The molecule has 88 valence electrons. The molecule has 0 heterocycles. The van der Waals surface area contributed by atoms with Gasteiger partial charge in [-0.25, -0.2) is 4.39 Å². The highest BCUT2D eigenvalue weighted by Crippen LogP contribution is 2.35. The number of phenols is 1. The van der Waals surface area contributed by atoms with Crippen LogP contribution in [0.5, 0.6) is 11.5 Å². The van der Waals surface area contributed by atoms with Gasteiger partial charge in [-0.2, -0.15) is 0 Å². The maximum absolute atomic E-state index is 13.2. The standard InChI is InChI=1S/C12H16FNO2/c1-7(2)4-10(14)9-5-8(13)6-11(16-3)12(9)15/h5-6,10,15H,1,4,14H2,2-3H3/t10-/m1/s1. The zero-order chi connectivity index (χ0) is 12.3. The monoisotopic (exact) mass is 225 g/mol. The SMILES string of the molecule is C=C(C)C[C@@H](N)c1cc(F)cc(OC)c1O. The predicted molar refractivity (Wildman–Crippen MR) is 61.0 cm³/mol. The molecule has 3 N–H and O–H groups in total. The lowest BCUT2D eigenvalue weighted by atomic mass is 10.00. The first-order chi connectivity index (χ1) is 7.45. The minimum atomic E-state index is -0.484. The molecule has 0 spiro atoms. The molecule has 0 fully saturated rings. The van der Waals surface area contributed by atoms with Gasteiger partial charge in [-0.1, -0.05) is 5.57 Å². The highest BCUT2D eigenvalue weighted by molar-refractivity contribution is 5.47. The van der Waals surface area contributed by atoms with Gasteiger partial charge in [0, 0.05) is 17.7 Å². The van der Waals surface area contributed by atoms with Crippen molar-refractivity contribution in [2.24, 2.45) is 5.73 Å². The molecule has 0 saturated carbocycles. The summed E-state index contributed by atoms with van der Waals surface area (Å²) in [7, 11) is 1.36. The zero-order valence-electron chi connectivity index (χ0n) is 9.46. The first kappa shape index (κ1) is 12.5. The first-order valence-electron chi connectivity index (χ1n) is 4.92. The van der Waals surface area contributed by atoms with E-state index in [4.69, 9.17) is 10.5 Å². The third-order valence-electron chi connectivity index (χ3n) is 2.26. The van der Waals surface area contributed by atoms with E-state index < -0.39 is 11.9 Å². The maximum atomic E-state index is 13.2. The summed E-state index contributed by atoms with van der Waals surface area (Å²) < 4.78 is 18.1. The molecule has 1 aromatic rings. The summed E-state index contributed by atoms with van der Waals surface area (Å²) in [6.07, 6.45) is 0.486. The average Bonchev–Trinajstić information content (AvgIpc) is 2.19. The second kappa shape index (κ2) is 4.99. The number of ether oxygens (including phenoxy) is 1. The summed E-state index contributed by atoms with van der Waals surface area (Å²) in [5.41, 5.74) is 7.05. The van der Waals surface area contributed by atoms with Crippen LogP contribution >= 0.6 is 0 Å². The number of aromatic hydroxyl groups is 1. The van der Waals surface area contributed by atoms with Gasteiger partial charge in [0.05, 0.1) is 7.11 Å². The summed E-state index contributed by atoms with van der Waals surface area (Å²) in [4.78, 5) is 0. The van der Waals surface area contributed by atoms with E-state index in [1.165, 1.54) is 13.2 Å². The average molecular weight is 225 g/mol. The molecule has 0 aliphatic carbocycles. The van der Waals surface area contributed by atoms with Crippen LogP contribution in [0, 0.1) is 5.82 Å². The van der Waals surface area contributed by atoms with Crippen molar-refractivity contribution in [1.82, 2.24) is 0 Å². The van der Waals surface area contributed by atoms with Gasteiger partial charge in [-0.15, -0.1) is 6.58 Å². The Morgan fingerprint density at radius 2 is 2.25 bits per heavy atom. The quantitative estimate of drug-likeness (QED) is 0.774. The van der Waals surface area contributed by atoms with Crippen LogP contribution in [-0.2, 0) is 0 Å². The molecule has 0 bridgehead atoms. The van der Waals surface area contributed by atoms with Crippen LogP contribution in [0.4, 0.5) is 4.39 Å². The van der Waals surface area contributed by atoms with Crippen molar-refractivity contribution in [3.05, 3.63) is 35.7 Å². The van der Waals surface area contributed by atoms with Crippen molar-refractivity contribution in [2.45, 2.75) is 19.4 Å². The minimum absolute atomic E-state index is 0.0900. The molecule has 0 amide bonds. The fourth-order valence-corrected chi connectivity index (χ4v) is 1.52. The molecule has 3 nitrogen and oxygen atoms in total. The summed E-state index contributed by atoms with van der Waals surface area (Å²) >= 11 is 0.